The molecule has 0 bridgehead atoms. The molecule has 1 aromatic heterocycles. The number of nitrogens with one attached hydrogen (secondary N) is 1. The van der Waals surface area contributed by atoms with Crippen molar-refractivity contribution in [3.8, 4) is 0 Å². The molecule has 1 aliphatic heterocycles. The lowest BCUT2D eigenvalue weighted by Crippen LogP contribution is -2.48. The molecule has 0 aliphatic carbocycles. The molecule has 1 saturated heterocycles. The van der Waals surface area contributed by atoms with Crippen molar-refractivity contribution in [1.29, 1.82) is 0 Å². The van der Waals surface area contributed by atoms with Crippen molar-refractivity contribution in [3.63, 3.8) is 0 Å². The fourth-order valence-corrected chi connectivity index (χ4v) is 2.69. The lowest BCUT2D eigenvalue weighted by atomic mass is 10.0. The summed E-state index contributed by atoms with van der Waals surface area (Å²) < 4.78 is 43.3. The van der Waals surface area contributed by atoms with Gasteiger partial charge in [0.1, 0.15) is 0 Å². The fraction of sp³-hybridized carbons (Fsp3) is 0.400. The maximum atomic E-state index is 12.7. The molecule has 0 spiro atoms. The highest BCUT2D eigenvalue weighted by Gasteiger charge is 2.34. The summed E-state index contributed by atoms with van der Waals surface area (Å²) in [6.07, 6.45) is -4.50. The molecular weight excluding hydrogens is 361 g/mol. The minimum absolute atomic E-state index is 0.0379. The predicted molar refractivity (Wildman–Crippen MR) is 83.3 cm³/mol. The standard InChI is InChI=1S/C15H14ClF3N4O2/c1-8-20-14(25-22-8)9-5-23(6-9)7-13(24)21-12-4-10(15(17,18)19)2-3-11(12)16/h2-4,9H,5-7H2,1H3,(H,21,24). The van der Waals surface area contributed by atoms with E-state index in [1.165, 1.54) is 0 Å². The Kier molecular flexibility index (Phi) is 4.70. The summed E-state index contributed by atoms with van der Waals surface area (Å²) >= 11 is 5.86. The Labute approximate surface area is 145 Å². The summed E-state index contributed by atoms with van der Waals surface area (Å²) in [4.78, 5) is 18.0. The number of amides is 1. The molecule has 2 aromatic rings. The first-order valence-corrected chi connectivity index (χ1v) is 7.79. The van der Waals surface area contributed by atoms with Gasteiger partial charge in [-0.3, -0.25) is 9.69 Å². The van der Waals surface area contributed by atoms with Crippen molar-refractivity contribution in [1.82, 2.24) is 15.0 Å². The lowest BCUT2D eigenvalue weighted by molar-refractivity contribution is -0.137. The van der Waals surface area contributed by atoms with Crippen LogP contribution in [0.25, 0.3) is 0 Å². The normalized spacial score (nSPS) is 15.9. The molecule has 10 heteroatoms. The van der Waals surface area contributed by atoms with E-state index in [-0.39, 0.29) is 23.2 Å². The molecule has 1 N–H and O–H groups in total. The minimum Gasteiger partial charge on any atom is -0.339 e. The van der Waals surface area contributed by atoms with Crippen LogP contribution in [0.15, 0.2) is 22.7 Å². The van der Waals surface area contributed by atoms with Gasteiger partial charge in [-0.1, -0.05) is 16.8 Å². The van der Waals surface area contributed by atoms with Gasteiger partial charge in [-0.05, 0) is 25.1 Å². The van der Waals surface area contributed by atoms with Gasteiger partial charge in [0.2, 0.25) is 11.8 Å². The van der Waals surface area contributed by atoms with Gasteiger partial charge in [-0.15, -0.1) is 0 Å². The Hall–Kier alpha value is -2.13. The zero-order valence-corrected chi connectivity index (χ0v) is 13.9. The third-order valence-corrected chi connectivity index (χ3v) is 4.11. The van der Waals surface area contributed by atoms with E-state index in [0.29, 0.717) is 24.8 Å². The van der Waals surface area contributed by atoms with E-state index in [1.807, 2.05) is 4.90 Å². The van der Waals surface area contributed by atoms with E-state index < -0.39 is 17.6 Å². The van der Waals surface area contributed by atoms with Gasteiger partial charge in [0.15, 0.2) is 5.82 Å². The van der Waals surface area contributed by atoms with Gasteiger partial charge >= 0.3 is 6.18 Å². The molecule has 1 aromatic carbocycles. The van der Waals surface area contributed by atoms with Crippen LogP contribution in [-0.4, -0.2) is 40.6 Å². The smallest absolute Gasteiger partial charge is 0.339 e. The van der Waals surface area contributed by atoms with E-state index in [2.05, 4.69) is 15.5 Å². The second-order valence-corrected chi connectivity index (χ2v) is 6.22. The molecule has 3 rings (SSSR count). The predicted octanol–water partition coefficient (Wildman–Crippen LogP) is 3.09. The number of likely N-dealkylation sites (tertiary alicyclic amines) is 1. The summed E-state index contributed by atoms with van der Waals surface area (Å²) in [5, 5.41) is 6.17. The third kappa shape index (κ3) is 4.10. The fourth-order valence-electron chi connectivity index (χ4n) is 2.52. The second kappa shape index (κ2) is 6.64. The van der Waals surface area contributed by atoms with Crippen molar-refractivity contribution in [2.75, 3.05) is 25.0 Å². The topological polar surface area (TPSA) is 71.3 Å². The van der Waals surface area contributed by atoms with Crippen LogP contribution < -0.4 is 5.32 Å². The summed E-state index contributed by atoms with van der Waals surface area (Å²) in [7, 11) is 0. The summed E-state index contributed by atoms with van der Waals surface area (Å²) in [5.74, 6) is 0.688. The Balaban J connectivity index is 1.55. The SMILES string of the molecule is Cc1noc(C2CN(CC(=O)Nc3cc(C(F)(F)F)ccc3Cl)C2)n1. The molecule has 0 radical (unpaired) electrons. The van der Waals surface area contributed by atoms with Crippen molar-refractivity contribution >= 4 is 23.2 Å². The first-order chi connectivity index (χ1) is 11.7. The Morgan fingerprint density at radius 3 is 2.76 bits per heavy atom. The molecule has 0 atom stereocenters. The van der Waals surface area contributed by atoms with Gasteiger partial charge in [0.25, 0.3) is 0 Å². The van der Waals surface area contributed by atoms with Crippen LogP contribution in [0, 0.1) is 6.92 Å². The van der Waals surface area contributed by atoms with E-state index in [0.717, 1.165) is 18.2 Å². The summed E-state index contributed by atoms with van der Waals surface area (Å²) in [5.41, 5.74) is -0.936. The number of hydrogen-bond acceptors (Lipinski definition) is 5. The largest absolute Gasteiger partial charge is 0.416 e. The molecule has 134 valence electrons. The highest BCUT2D eigenvalue weighted by atomic mass is 35.5. The Bertz CT molecular complexity index is 787. The highest BCUT2D eigenvalue weighted by Crippen LogP contribution is 2.34. The Morgan fingerprint density at radius 2 is 2.16 bits per heavy atom. The number of benzene rings is 1. The van der Waals surface area contributed by atoms with Crippen LogP contribution in [0.4, 0.5) is 18.9 Å². The number of hydrogen-bond donors (Lipinski definition) is 1. The lowest BCUT2D eigenvalue weighted by Gasteiger charge is -2.36. The summed E-state index contributed by atoms with van der Waals surface area (Å²) in [6, 6.07) is 2.79. The summed E-state index contributed by atoms with van der Waals surface area (Å²) in [6.45, 7) is 2.88. The number of anilines is 1. The Morgan fingerprint density at radius 1 is 1.44 bits per heavy atom. The number of carbonyl (C=O) groups is 1. The van der Waals surface area contributed by atoms with Gasteiger partial charge < -0.3 is 9.84 Å². The quantitative estimate of drug-likeness (QED) is 0.890. The zero-order valence-electron chi connectivity index (χ0n) is 13.1. The number of aromatic nitrogens is 2. The first kappa shape index (κ1) is 17.7. The van der Waals surface area contributed by atoms with Gasteiger partial charge in [-0.25, -0.2) is 0 Å². The molecule has 1 amide bonds. The molecule has 1 fully saturated rings. The van der Waals surface area contributed by atoms with Gasteiger partial charge in [0.05, 0.1) is 28.7 Å². The van der Waals surface area contributed by atoms with Crippen molar-refractivity contribution in [3.05, 3.63) is 40.5 Å². The van der Waals surface area contributed by atoms with E-state index in [1.54, 1.807) is 6.92 Å². The van der Waals surface area contributed by atoms with E-state index in [9.17, 15) is 18.0 Å². The molecule has 2 heterocycles. The second-order valence-electron chi connectivity index (χ2n) is 5.81. The average molecular weight is 375 g/mol. The minimum atomic E-state index is -4.50. The number of halogens is 4. The maximum Gasteiger partial charge on any atom is 0.416 e. The molecule has 25 heavy (non-hydrogen) atoms. The van der Waals surface area contributed by atoms with Crippen LogP contribution in [0.2, 0.25) is 5.02 Å². The number of alkyl halides is 3. The third-order valence-electron chi connectivity index (χ3n) is 3.78. The van der Waals surface area contributed by atoms with Crippen LogP contribution >= 0.6 is 11.6 Å². The molecule has 1 aliphatic rings. The monoisotopic (exact) mass is 374 g/mol. The first-order valence-electron chi connectivity index (χ1n) is 7.41. The molecular formula is C15H14ClF3N4O2. The van der Waals surface area contributed by atoms with Crippen LogP contribution in [0.1, 0.15) is 23.2 Å². The van der Waals surface area contributed by atoms with E-state index in [4.69, 9.17) is 16.1 Å². The van der Waals surface area contributed by atoms with Crippen molar-refractivity contribution < 1.29 is 22.5 Å². The van der Waals surface area contributed by atoms with Gasteiger partial charge in [-0.2, -0.15) is 18.2 Å². The van der Waals surface area contributed by atoms with Crippen LogP contribution in [0.3, 0.4) is 0 Å². The van der Waals surface area contributed by atoms with E-state index >= 15 is 0 Å². The molecule has 0 unspecified atom stereocenters. The van der Waals surface area contributed by atoms with Crippen molar-refractivity contribution in [2.45, 2.75) is 19.0 Å². The van der Waals surface area contributed by atoms with Crippen LogP contribution in [-0.2, 0) is 11.0 Å². The number of nitrogens with zero attached hydrogens (tertiary/aromatic N) is 3. The van der Waals surface area contributed by atoms with Crippen molar-refractivity contribution in [2.24, 2.45) is 0 Å². The van der Waals surface area contributed by atoms with Gasteiger partial charge in [0, 0.05) is 13.1 Å². The molecule has 6 nitrogen and oxygen atoms in total. The maximum absolute atomic E-state index is 12.7. The van der Waals surface area contributed by atoms with Crippen LogP contribution in [0.5, 0.6) is 0 Å². The average Bonchev–Trinajstić information content (AvgIpc) is 2.89. The number of aryl methyl sites for hydroxylation is 1. The highest BCUT2D eigenvalue weighted by molar-refractivity contribution is 6.33. The zero-order chi connectivity index (χ0) is 18.2. The molecule has 0 saturated carbocycles. The number of rotatable bonds is 4. The number of carbonyl (C=O) groups excluding carboxylic acids is 1.